The maximum Gasteiger partial charge on any atom is 0.311 e. The molecule has 3 heterocycles. The maximum absolute atomic E-state index is 14.1. The van der Waals surface area contributed by atoms with Gasteiger partial charge in [0.2, 0.25) is 0 Å². The van der Waals surface area contributed by atoms with Crippen molar-refractivity contribution < 1.29 is 57.9 Å². The molecule has 3 unspecified atom stereocenters. The lowest BCUT2D eigenvalue weighted by Gasteiger charge is -2.29. The Balaban J connectivity index is 0.000000119. The predicted molar refractivity (Wildman–Crippen MR) is 310 cm³/mol. The molecule has 388 valence electrons. The smallest absolute Gasteiger partial charge is 0.311 e. The summed E-state index contributed by atoms with van der Waals surface area (Å²) in [6.07, 6.45) is 0. The average Bonchev–Trinajstić information content (AvgIpc) is 3.63. The Bertz CT molecular complexity index is 4390. The Morgan fingerprint density at radius 1 is 0.266 bits per heavy atom. The van der Waals surface area contributed by atoms with E-state index in [9.17, 15) is 44.3 Å². The molecule has 3 atom stereocenters. The molecule has 0 bridgehead atoms. The van der Waals surface area contributed by atoms with Gasteiger partial charge in [0.05, 0.1) is 31.8 Å². The van der Waals surface area contributed by atoms with Gasteiger partial charge in [-0.15, -0.1) is 0 Å². The van der Waals surface area contributed by atoms with Crippen molar-refractivity contribution in [2.24, 2.45) is 0 Å². The van der Waals surface area contributed by atoms with E-state index >= 15 is 0 Å². The Hall–Kier alpha value is -9.43. The molecule has 0 fully saturated rings. The van der Waals surface area contributed by atoms with Crippen molar-refractivity contribution in [1.29, 1.82) is 0 Å². The molecule has 12 nitrogen and oxygen atoms in total. The highest BCUT2D eigenvalue weighted by Crippen LogP contribution is 2.59. The minimum atomic E-state index is -3.67. The molecule has 6 N–H and O–H groups in total. The van der Waals surface area contributed by atoms with Crippen LogP contribution in [0.25, 0.3) is 55.3 Å². The molecule has 0 aliphatic carbocycles. The largest absolute Gasteiger partial charge is 0.508 e. The van der Waals surface area contributed by atoms with Crippen LogP contribution < -0.4 is 45.4 Å². The highest BCUT2D eigenvalue weighted by Gasteiger charge is 2.43. The van der Waals surface area contributed by atoms with Crippen LogP contribution in [0, 0.1) is 0 Å². The first-order valence-corrected chi connectivity index (χ1v) is 29.7. The van der Waals surface area contributed by atoms with Gasteiger partial charge < -0.3 is 44.2 Å². The van der Waals surface area contributed by atoms with E-state index in [1.165, 1.54) is 36.4 Å². The van der Waals surface area contributed by atoms with Crippen molar-refractivity contribution in [3.05, 3.63) is 237 Å². The first-order valence-electron chi connectivity index (χ1n) is 24.8. The van der Waals surface area contributed by atoms with Crippen molar-refractivity contribution in [1.82, 2.24) is 0 Å². The summed E-state index contributed by atoms with van der Waals surface area (Å²) in [6, 6.07) is 68.2. The molecule has 11 aromatic carbocycles. The van der Waals surface area contributed by atoms with Crippen LogP contribution >= 0.6 is 22.1 Å². The lowest BCUT2D eigenvalue weighted by molar-refractivity contribution is 0.459. The van der Waals surface area contributed by atoms with Crippen molar-refractivity contribution in [3.8, 4) is 96.3 Å². The van der Waals surface area contributed by atoms with Crippen LogP contribution in [-0.2, 0) is 13.7 Å². The second kappa shape index (κ2) is 19.9. The van der Waals surface area contributed by atoms with E-state index in [-0.39, 0.29) is 50.4 Å². The van der Waals surface area contributed by atoms with Gasteiger partial charge in [-0.1, -0.05) is 164 Å². The van der Waals surface area contributed by atoms with Crippen LogP contribution in [0.1, 0.15) is 0 Å². The van der Waals surface area contributed by atoms with E-state index in [1.54, 1.807) is 84.9 Å². The van der Waals surface area contributed by atoms with Gasteiger partial charge in [0.25, 0.3) is 0 Å². The van der Waals surface area contributed by atoms with Gasteiger partial charge in [0.1, 0.15) is 51.7 Å². The predicted octanol–water partition coefficient (Wildman–Crippen LogP) is 13.0. The zero-order chi connectivity index (χ0) is 54.6. The number of benzene rings is 11. The zero-order valence-corrected chi connectivity index (χ0v) is 44.2. The lowest BCUT2D eigenvalue weighted by Crippen LogP contribution is -2.25. The molecule has 11 aromatic rings. The van der Waals surface area contributed by atoms with Gasteiger partial charge >= 0.3 is 22.1 Å². The minimum Gasteiger partial charge on any atom is -0.508 e. The highest BCUT2D eigenvalue weighted by atomic mass is 31.2. The summed E-state index contributed by atoms with van der Waals surface area (Å²) >= 11 is 0. The molecular formula is C64H45O12P3. The average molecular weight is 1100 g/mol. The van der Waals surface area contributed by atoms with Crippen molar-refractivity contribution in [3.63, 3.8) is 0 Å². The summed E-state index contributed by atoms with van der Waals surface area (Å²) in [6.45, 7) is 0. The normalized spacial score (nSPS) is 17.8. The number of aromatic hydroxyl groups is 6. The van der Waals surface area contributed by atoms with Gasteiger partial charge in [-0.2, -0.15) is 0 Å². The first kappa shape index (κ1) is 50.4. The third kappa shape index (κ3) is 8.64. The Morgan fingerprint density at radius 3 is 1.14 bits per heavy atom. The molecule has 0 amide bonds. The number of rotatable bonds is 4. The van der Waals surface area contributed by atoms with Gasteiger partial charge in [-0.25, -0.2) is 0 Å². The lowest BCUT2D eigenvalue weighted by atomic mass is 10.0. The summed E-state index contributed by atoms with van der Waals surface area (Å²) in [5.74, 6) is 0.797. The van der Waals surface area contributed by atoms with Crippen LogP contribution in [0.5, 0.6) is 51.7 Å². The second-order valence-corrected chi connectivity index (χ2v) is 25.4. The van der Waals surface area contributed by atoms with Crippen LogP contribution in [0.3, 0.4) is 0 Å². The maximum atomic E-state index is 14.1. The van der Waals surface area contributed by atoms with Crippen LogP contribution in [0.4, 0.5) is 0 Å². The quantitative estimate of drug-likeness (QED) is 0.0721. The minimum absolute atomic E-state index is 0.0476. The van der Waals surface area contributed by atoms with E-state index in [0.717, 1.165) is 38.9 Å². The SMILES string of the molecule is O=P1(c2cc(O)c(-c3ccccc3)cc2O)Oc2ccccc2-c2ccccc21.O=P1(c2cc(O)c3ccccc3c2O)Oc2ccccc2-c2ccccc21.O=P1(c2cc(O)ccc2O)Oc2ccccc2-c2ccccc21. The summed E-state index contributed by atoms with van der Waals surface area (Å²) < 4.78 is 59.8. The van der Waals surface area contributed by atoms with Gasteiger partial charge in [0.15, 0.2) is 0 Å². The zero-order valence-electron chi connectivity index (χ0n) is 41.5. The summed E-state index contributed by atoms with van der Waals surface area (Å²) in [7, 11) is -10.9. The molecule has 3 aliphatic rings. The number of phenols is 6. The number of phenolic OH excluding ortho intramolecular Hbond substituents is 6. The monoisotopic (exact) mass is 1100 g/mol. The van der Waals surface area contributed by atoms with Crippen molar-refractivity contribution >= 4 is 64.7 Å². The Labute approximate surface area is 453 Å². The van der Waals surface area contributed by atoms with E-state index in [4.69, 9.17) is 13.6 Å². The van der Waals surface area contributed by atoms with E-state index in [0.29, 0.717) is 49.5 Å². The molecule has 79 heavy (non-hydrogen) atoms. The summed E-state index contributed by atoms with van der Waals surface area (Å²) in [4.78, 5) is 0. The van der Waals surface area contributed by atoms with Crippen LogP contribution in [0.15, 0.2) is 237 Å². The number of para-hydroxylation sites is 3. The van der Waals surface area contributed by atoms with E-state index in [1.807, 2.05) is 115 Å². The fourth-order valence-electron chi connectivity index (χ4n) is 10.2. The summed E-state index contributed by atoms with van der Waals surface area (Å²) in [5.41, 5.74) is 6.17. The fourth-order valence-corrected chi connectivity index (χ4v) is 17.3. The number of fused-ring (bicyclic) bond motifs is 10. The summed E-state index contributed by atoms with van der Waals surface area (Å²) in [5, 5.41) is 65.5. The first-order chi connectivity index (χ1) is 38.3. The second-order valence-electron chi connectivity index (χ2n) is 18.7. The number of hydrogen-bond donors (Lipinski definition) is 6. The standard InChI is InChI=1S/C24H17O4P.C22H15O4P.C18H13O4P/c25-20-15-24(21(26)14-19(20)16-8-2-1-3-9-16)29(27)23-13-7-5-11-18(23)17-10-4-6-12-22(17)28-29;23-18-13-21(22(24)17-10-2-1-7-14(17)18)27(25)20-12-6-4-9-16(20)15-8-3-5-11-19(15)26-27;19-12-9-10-15(20)18(11-12)23(21)17-8-4-2-6-14(17)13-5-1-3-7-16(13)22-23/h1-15,25-26H;1-13,23-24H;1-11,19-20H. The molecular weight excluding hydrogens is 1050 g/mol. The van der Waals surface area contributed by atoms with Crippen LogP contribution in [-0.4, -0.2) is 30.6 Å². The van der Waals surface area contributed by atoms with Gasteiger partial charge in [-0.3, -0.25) is 13.7 Å². The van der Waals surface area contributed by atoms with Gasteiger partial charge in [-0.05, 0) is 95.1 Å². The molecule has 0 aromatic heterocycles. The highest BCUT2D eigenvalue weighted by molar-refractivity contribution is 7.76. The molecule has 14 rings (SSSR count). The van der Waals surface area contributed by atoms with Gasteiger partial charge in [0, 0.05) is 33.0 Å². The Kier molecular flexibility index (Phi) is 12.7. The van der Waals surface area contributed by atoms with Crippen LogP contribution in [0.2, 0.25) is 0 Å². The third-order valence-corrected chi connectivity index (χ3v) is 21.3. The molecule has 0 saturated heterocycles. The molecule has 0 spiro atoms. The van der Waals surface area contributed by atoms with E-state index < -0.39 is 22.1 Å². The van der Waals surface area contributed by atoms with Crippen molar-refractivity contribution in [2.45, 2.75) is 0 Å². The molecule has 15 heteroatoms. The molecule has 3 aliphatic heterocycles. The van der Waals surface area contributed by atoms with Crippen molar-refractivity contribution in [2.75, 3.05) is 0 Å². The molecule has 0 radical (unpaired) electrons. The third-order valence-electron chi connectivity index (χ3n) is 13.9. The Morgan fingerprint density at radius 2 is 0.646 bits per heavy atom. The topological polar surface area (TPSA) is 200 Å². The van der Waals surface area contributed by atoms with E-state index in [2.05, 4.69) is 0 Å². The fraction of sp³-hybridized carbons (Fsp3) is 0. The molecule has 0 saturated carbocycles. The number of hydrogen-bond acceptors (Lipinski definition) is 12.